The van der Waals surface area contributed by atoms with Crippen LogP contribution in [0.2, 0.25) is 5.02 Å². The fourth-order valence-electron chi connectivity index (χ4n) is 2.26. The van der Waals surface area contributed by atoms with Gasteiger partial charge in [-0.25, -0.2) is 17.9 Å². The van der Waals surface area contributed by atoms with Gasteiger partial charge in [0, 0.05) is 31.1 Å². The van der Waals surface area contributed by atoms with Gasteiger partial charge in [-0.15, -0.1) is 0 Å². The molecular formula is C13H15ClN2O5S. The van der Waals surface area contributed by atoms with Gasteiger partial charge in [0.05, 0.1) is 10.5 Å². The van der Waals surface area contributed by atoms with Crippen LogP contribution in [-0.4, -0.2) is 49.9 Å². The summed E-state index contributed by atoms with van der Waals surface area (Å²) in [7, 11) is -2.38. The average Bonchev–Trinajstić information content (AvgIpc) is 2.69. The molecule has 0 saturated carbocycles. The van der Waals surface area contributed by atoms with Gasteiger partial charge in [-0.05, 0) is 24.6 Å². The number of hydrogen-bond acceptors (Lipinski definition) is 4. The summed E-state index contributed by atoms with van der Waals surface area (Å²) in [5.41, 5.74) is 0.122. The first-order valence-corrected chi connectivity index (χ1v) is 8.27. The van der Waals surface area contributed by atoms with Gasteiger partial charge in [0.15, 0.2) is 0 Å². The van der Waals surface area contributed by atoms with Crippen LogP contribution in [-0.2, 0) is 14.8 Å². The number of nitrogens with one attached hydrogen (secondary N) is 1. The van der Waals surface area contributed by atoms with Gasteiger partial charge in [-0.3, -0.25) is 4.79 Å². The third-order valence-corrected chi connectivity index (χ3v) is 5.41. The van der Waals surface area contributed by atoms with Crippen molar-refractivity contribution in [1.82, 2.24) is 9.62 Å². The zero-order chi connectivity index (χ0) is 16.7. The number of carbonyl (C=O) groups is 2. The molecule has 0 radical (unpaired) electrons. The van der Waals surface area contributed by atoms with E-state index in [0.717, 1.165) is 6.07 Å². The highest BCUT2D eigenvalue weighted by atomic mass is 35.5. The third-order valence-electron chi connectivity index (χ3n) is 3.52. The van der Waals surface area contributed by atoms with Crippen LogP contribution in [0.1, 0.15) is 22.3 Å². The Bertz CT molecular complexity index is 747. The third kappa shape index (κ3) is 3.23. The maximum Gasteiger partial charge on any atom is 0.336 e. The Labute approximate surface area is 132 Å². The Kier molecular flexibility index (Phi) is 4.46. The monoisotopic (exact) mass is 346 g/mol. The van der Waals surface area contributed by atoms with E-state index in [9.17, 15) is 18.0 Å². The van der Waals surface area contributed by atoms with Crippen molar-refractivity contribution in [2.75, 3.05) is 13.6 Å². The SMILES string of the molecule is Cc1c(Cl)cc(S(=O)(=O)NC2CC(=O)N(C)C2)cc1C(=O)O. The Balaban J connectivity index is 2.34. The maximum atomic E-state index is 12.3. The van der Waals surface area contributed by atoms with Gasteiger partial charge in [-0.1, -0.05) is 11.6 Å². The summed E-state index contributed by atoms with van der Waals surface area (Å²) >= 11 is 5.91. The highest BCUT2D eigenvalue weighted by molar-refractivity contribution is 7.89. The second-order valence-corrected chi connectivity index (χ2v) is 7.30. The lowest BCUT2D eigenvalue weighted by Crippen LogP contribution is -2.36. The number of benzene rings is 1. The molecule has 1 aromatic carbocycles. The highest BCUT2D eigenvalue weighted by Crippen LogP contribution is 2.25. The Morgan fingerprint density at radius 1 is 1.45 bits per heavy atom. The number of rotatable bonds is 4. The number of aromatic carboxylic acids is 1. The van der Waals surface area contributed by atoms with E-state index in [4.69, 9.17) is 16.7 Å². The smallest absolute Gasteiger partial charge is 0.336 e. The second-order valence-electron chi connectivity index (χ2n) is 5.18. The van der Waals surface area contributed by atoms with Crippen LogP contribution in [0.4, 0.5) is 0 Å². The molecular weight excluding hydrogens is 332 g/mol. The van der Waals surface area contributed by atoms with Crippen LogP contribution in [0.15, 0.2) is 17.0 Å². The predicted molar refractivity (Wildman–Crippen MR) is 79.5 cm³/mol. The van der Waals surface area contributed by atoms with Gasteiger partial charge in [0.25, 0.3) is 0 Å². The van der Waals surface area contributed by atoms with Crippen molar-refractivity contribution in [1.29, 1.82) is 0 Å². The molecule has 2 N–H and O–H groups in total. The van der Waals surface area contributed by atoms with Crippen LogP contribution in [0.25, 0.3) is 0 Å². The molecule has 1 aromatic rings. The second kappa shape index (κ2) is 5.86. The highest BCUT2D eigenvalue weighted by Gasteiger charge is 2.31. The number of amides is 1. The van der Waals surface area contributed by atoms with Gasteiger partial charge in [-0.2, -0.15) is 0 Å². The normalized spacial score (nSPS) is 18.8. The van der Waals surface area contributed by atoms with E-state index in [1.165, 1.54) is 17.9 Å². The molecule has 0 bridgehead atoms. The molecule has 1 saturated heterocycles. The summed E-state index contributed by atoms with van der Waals surface area (Å²) in [4.78, 5) is 23.8. The number of nitrogens with zero attached hydrogens (tertiary/aromatic N) is 1. The van der Waals surface area contributed by atoms with E-state index in [1.54, 1.807) is 7.05 Å². The number of carboxylic acid groups (broad SMARTS) is 1. The van der Waals surface area contributed by atoms with Crippen LogP contribution >= 0.6 is 11.6 Å². The first kappa shape index (κ1) is 16.7. The summed E-state index contributed by atoms with van der Waals surface area (Å²) in [6.45, 7) is 1.77. The van der Waals surface area contributed by atoms with E-state index < -0.39 is 22.0 Å². The van der Waals surface area contributed by atoms with Gasteiger partial charge < -0.3 is 10.0 Å². The number of carboxylic acids is 1. The van der Waals surface area contributed by atoms with Crippen molar-refractivity contribution in [3.8, 4) is 0 Å². The number of carbonyl (C=O) groups excluding carboxylic acids is 1. The van der Waals surface area contributed by atoms with Crippen LogP contribution in [0, 0.1) is 6.92 Å². The molecule has 0 aliphatic carbocycles. The zero-order valence-electron chi connectivity index (χ0n) is 12.0. The van der Waals surface area contributed by atoms with E-state index in [1.807, 2.05) is 0 Å². The lowest BCUT2D eigenvalue weighted by molar-refractivity contribution is -0.126. The van der Waals surface area contributed by atoms with E-state index in [0.29, 0.717) is 5.56 Å². The fraction of sp³-hybridized carbons (Fsp3) is 0.385. The molecule has 0 aromatic heterocycles. The largest absolute Gasteiger partial charge is 0.478 e. The van der Waals surface area contributed by atoms with Crippen molar-refractivity contribution < 1.29 is 23.1 Å². The number of likely N-dealkylation sites (tertiary alicyclic amines) is 1. The van der Waals surface area contributed by atoms with Crippen molar-refractivity contribution in [2.45, 2.75) is 24.3 Å². The molecule has 1 heterocycles. The molecule has 120 valence electrons. The summed E-state index contributed by atoms with van der Waals surface area (Å²) in [5.74, 6) is -1.41. The zero-order valence-corrected chi connectivity index (χ0v) is 13.5. The van der Waals surface area contributed by atoms with Gasteiger partial charge >= 0.3 is 5.97 Å². The van der Waals surface area contributed by atoms with Crippen LogP contribution in [0.3, 0.4) is 0 Å². The van der Waals surface area contributed by atoms with Crippen molar-refractivity contribution in [3.63, 3.8) is 0 Å². The first-order chi connectivity index (χ1) is 10.1. The Morgan fingerprint density at radius 2 is 2.09 bits per heavy atom. The lowest BCUT2D eigenvalue weighted by atomic mass is 10.1. The van der Waals surface area contributed by atoms with Crippen LogP contribution in [0.5, 0.6) is 0 Å². The molecule has 1 aliphatic rings. The molecule has 1 amide bonds. The minimum Gasteiger partial charge on any atom is -0.478 e. The van der Waals surface area contributed by atoms with Crippen LogP contribution < -0.4 is 4.72 Å². The number of halogens is 1. The standard InChI is InChI=1S/C13H15ClN2O5S/c1-7-10(13(18)19)4-9(5-11(7)14)22(20,21)15-8-3-12(17)16(2)6-8/h4-5,8,15H,3,6H2,1-2H3,(H,18,19). The summed E-state index contributed by atoms with van der Waals surface area (Å²) < 4.78 is 27.1. The lowest BCUT2D eigenvalue weighted by Gasteiger charge is -2.14. The molecule has 1 aliphatic heterocycles. The van der Waals surface area contributed by atoms with Crippen molar-refractivity contribution in [2.24, 2.45) is 0 Å². The van der Waals surface area contributed by atoms with E-state index in [-0.39, 0.29) is 34.4 Å². The quantitative estimate of drug-likeness (QED) is 0.841. The Hall–Kier alpha value is -1.64. The minimum absolute atomic E-state index is 0.0555. The van der Waals surface area contributed by atoms with E-state index >= 15 is 0 Å². The molecule has 22 heavy (non-hydrogen) atoms. The molecule has 0 spiro atoms. The topological polar surface area (TPSA) is 104 Å². The number of sulfonamides is 1. The van der Waals surface area contributed by atoms with Gasteiger partial charge in [0.2, 0.25) is 15.9 Å². The molecule has 1 fully saturated rings. The van der Waals surface area contributed by atoms with Gasteiger partial charge in [0.1, 0.15) is 0 Å². The predicted octanol–water partition coefficient (Wildman–Crippen LogP) is 0.856. The number of likely N-dealkylation sites (N-methyl/N-ethyl adjacent to an activating group) is 1. The summed E-state index contributed by atoms with van der Waals surface area (Å²) in [6.07, 6.45) is 0.0705. The average molecular weight is 347 g/mol. The first-order valence-electron chi connectivity index (χ1n) is 6.41. The summed E-state index contributed by atoms with van der Waals surface area (Å²) in [6, 6.07) is 1.72. The fourth-order valence-corrected chi connectivity index (χ4v) is 3.82. The minimum atomic E-state index is -3.96. The van der Waals surface area contributed by atoms with Crippen molar-refractivity contribution >= 4 is 33.5 Å². The molecule has 1 atom stereocenters. The summed E-state index contributed by atoms with van der Waals surface area (Å²) in [5, 5.41) is 9.16. The van der Waals surface area contributed by atoms with E-state index in [2.05, 4.69) is 4.72 Å². The van der Waals surface area contributed by atoms with Crippen molar-refractivity contribution in [3.05, 3.63) is 28.3 Å². The Morgan fingerprint density at radius 3 is 2.59 bits per heavy atom. The number of hydrogen-bond donors (Lipinski definition) is 2. The molecule has 1 unspecified atom stereocenters. The maximum absolute atomic E-state index is 12.3. The molecule has 2 rings (SSSR count). The molecule has 9 heteroatoms. The molecule has 7 nitrogen and oxygen atoms in total.